The van der Waals surface area contributed by atoms with Gasteiger partial charge in [0.2, 0.25) is 0 Å². The molecule has 0 fully saturated rings. The van der Waals surface area contributed by atoms with Gasteiger partial charge >= 0.3 is 0 Å². The van der Waals surface area contributed by atoms with Gasteiger partial charge in [-0.2, -0.15) is 0 Å². The van der Waals surface area contributed by atoms with Crippen LogP contribution in [0.1, 0.15) is 47.6 Å². The molecule has 2 aromatic rings. The molecule has 1 unspecified atom stereocenters. The molecular formula is C17H22ClNO. The van der Waals surface area contributed by atoms with E-state index < -0.39 is 0 Å². The molecule has 0 spiro atoms. The van der Waals surface area contributed by atoms with E-state index in [1.165, 1.54) is 11.1 Å². The summed E-state index contributed by atoms with van der Waals surface area (Å²) in [5, 5.41) is 4.39. The fourth-order valence-corrected chi connectivity index (χ4v) is 2.61. The van der Waals surface area contributed by atoms with Gasteiger partial charge in [-0.1, -0.05) is 30.7 Å². The van der Waals surface area contributed by atoms with E-state index in [1.54, 1.807) is 0 Å². The molecule has 0 aliphatic rings. The molecule has 0 radical (unpaired) electrons. The maximum atomic E-state index is 6.27. The van der Waals surface area contributed by atoms with Crippen molar-refractivity contribution < 1.29 is 4.42 Å². The van der Waals surface area contributed by atoms with E-state index in [4.69, 9.17) is 16.0 Å². The summed E-state index contributed by atoms with van der Waals surface area (Å²) in [6.07, 6.45) is 1.09. The molecule has 1 N–H and O–H groups in total. The minimum Gasteiger partial charge on any atom is -0.466 e. The van der Waals surface area contributed by atoms with Gasteiger partial charge in [-0.05, 0) is 57.0 Å². The molecule has 3 heteroatoms. The monoisotopic (exact) mass is 291 g/mol. The Labute approximate surface area is 126 Å². The Hall–Kier alpha value is -1.25. The fraction of sp³-hybridized carbons (Fsp3) is 0.412. The molecule has 20 heavy (non-hydrogen) atoms. The van der Waals surface area contributed by atoms with Crippen molar-refractivity contribution >= 4 is 11.6 Å². The van der Waals surface area contributed by atoms with Gasteiger partial charge in [0.25, 0.3) is 0 Å². The summed E-state index contributed by atoms with van der Waals surface area (Å²) >= 11 is 6.27. The Balaban J connectivity index is 2.41. The molecule has 1 heterocycles. The Morgan fingerprint density at radius 3 is 2.50 bits per heavy atom. The lowest BCUT2D eigenvalue weighted by Gasteiger charge is -2.19. The first-order chi connectivity index (χ1) is 9.52. The highest BCUT2D eigenvalue weighted by Gasteiger charge is 2.19. The standard InChI is InChI=1S/C17H22ClNO/c1-5-8-19-17(15-9-12(3)20-13(15)4)14-7-6-11(2)16(18)10-14/h6-7,9-10,17,19H,5,8H2,1-4H3. The summed E-state index contributed by atoms with van der Waals surface area (Å²) in [4.78, 5) is 0. The predicted molar refractivity (Wildman–Crippen MR) is 84.5 cm³/mol. The number of rotatable bonds is 5. The van der Waals surface area contributed by atoms with Crippen LogP contribution in [0.4, 0.5) is 0 Å². The highest BCUT2D eigenvalue weighted by molar-refractivity contribution is 6.31. The maximum absolute atomic E-state index is 6.27. The Morgan fingerprint density at radius 1 is 1.20 bits per heavy atom. The summed E-state index contributed by atoms with van der Waals surface area (Å²) in [7, 11) is 0. The Morgan fingerprint density at radius 2 is 1.95 bits per heavy atom. The van der Waals surface area contributed by atoms with Crippen molar-refractivity contribution in [2.75, 3.05) is 6.54 Å². The van der Waals surface area contributed by atoms with Gasteiger partial charge in [-0.25, -0.2) is 0 Å². The van der Waals surface area contributed by atoms with Gasteiger partial charge in [0.1, 0.15) is 11.5 Å². The van der Waals surface area contributed by atoms with Gasteiger partial charge < -0.3 is 9.73 Å². The van der Waals surface area contributed by atoms with Gasteiger partial charge in [-0.3, -0.25) is 0 Å². The third-order valence-electron chi connectivity index (χ3n) is 3.52. The smallest absolute Gasteiger partial charge is 0.106 e. The number of aryl methyl sites for hydroxylation is 3. The lowest BCUT2D eigenvalue weighted by molar-refractivity contribution is 0.493. The number of hydrogen-bond donors (Lipinski definition) is 1. The van der Waals surface area contributed by atoms with Crippen molar-refractivity contribution in [2.24, 2.45) is 0 Å². The van der Waals surface area contributed by atoms with Crippen LogP contribution >= 0.6 is 11.6 Å². The molecule has 108 valence electrons. The number of nitrogens with one attached hydrogen (secondary N) is 1. The topological polar surface area (TPSA) is 25.2 Å². The first kappa shape index (κ1) is 15.1. The second-order valence-electron chi connectivity index (χ2n) is 5.26. The van der Waals surface area contributed by atoms with Crippen molar-refractivity contribution in [3.8, 4) is 0 Å². The predicted octanol–water partition coefficient (Wildman–Crippen LogP) is 4.95. The first-order valence-corrected chi connectivity index (χ1v) is 7.47. The van der Waals surface area contributed by atoms with Crippen LogP contribution in [0.3, 0.4) is 0 Å². The van der Waals surface area contributed by atoms with E-state index in [1.807, 2.05) is 26.8 Å². The number of halogens is 1. The zero-order valence-corrected chi connectivity index (χ0v) is 13.3. The average molecular weight is 292 g/mol. The molecule has 1 aromatic heterocycles. The summed E-state index contributed by atoms with van der Waals surface area (Å²) in [5.41, 5.74) is 3.47. The normalized spacial score (nSPS) is 12.7. The largest absolute Gasteiger partial charge is 0.466 e. The lowest BCUT2D eigenvalue weighted by Crippen LogP contribution is -2.23. The summed E-state index contributed by atoms with van der Waals surface area (Å²) in [5.74, 6) is 1.91. The van der Waals surface area contributed by atoms with Crippen molar-refractivity contribution in [3.05, 3.63) is 57.5 Å². The molecule has 0 aliphatic carbocycles. The van der Waals surface area contributed by atoms with E-state index in [0.717, 1.165) is 35.1 Å². The summed E-state index contributed by atoms with van der Waals surface area (Å²) < 4.78 is 5.68. The summed E-state index contributed by atoms with van der Waals surface area (Å²) in [6.45, 7) is 9.14. The molecule has 1 atom stereocenters. The van der Waals surface area contributed by atoms with Gasteiger partial charge in [0.15, 0.2) is 0 Å². The molecule has 0 saturated heterocycles. The van der Waals surface area contributed by atoms with Crippen molar-refractivity contribution in [2.45, 2.75) is 40.2 Å². The molecule has 0 aliphatic heterocycles. The van der Waals surface area contributed by atoms with Crippen molar-refractivity contribution in [1.82, 2.24) is 5.32 Å². The lowest BCUT2D eigenvalue weighted by atomic mass is 9.98. The van der Waals surface area contributed by atoms with Gasteiger partial charge in [0, 0.05) is 10.6 Å². The number of benzene rings is 1. The minimum absolute atomic E-state index is 0.130. The summed E-state index contributed by atoms with van der Waals surface area (Å²) in [6, 6.07) is 8.49. The second kappa shape index (κ2) is 6.47. The molecule has 2 rings (SSSR count). The van der Waals surface area contributed by atoms with Crippen LogP contribution < -0.4 is 5.32 Å². The molecule has 1 aromatic carbocycles. The Kier molecular flexibility index (Phi) is 4.90. The van der Waals surface area contributed by atoms with Crippen LogP contribution in [0, 0.1) is 20.8 Å². The quantitative estimate of drug-likeness (QED) is 0.843. The van der Waals surface area contributed by atoms with Crippen molar-refractivity contribution in [3.63, 3.8) is 0 Å². The zero-order valence-electron chi connectivity index (χ0n) is 12.6. The third kappa shape index (κ3) is 3.25. The van der Waals surface area contributed by atoms with E-state index >= 15 is 0 Å². The van der Waals surface area contributed by atoms with Gasteiger partial charge in [0.05, 0.1) is 6.04 Å². The zero-order chi connectivity index (χ0) is 14.7. The van der Waals surface area contributed by atoms with Crippen LogP contribution in [0.15, 0.2) is 28.7 Å². The molecule has 2 nitrogen and oxygen atoms in total. The SMILES string of the molecule is CCCNC(c1ccc(C)c(Cl)c1)c1cc(C)oc1C. The van der Waals surface area contributed by atoms with E-state index in [-0.39, 0.29) is 6.04 Å². The highest BCUT2D eigenvalue weighted by Crippen LogP contribution is 2.30. The maximum Gasteiger partial charge on any atom is 0.106 e. The van der Waals surface area contributed by atoms with Crippen LogP contribution in [-0.2, 0) is 0 Å². The third-order valence-corrected chi connectivity index (χ3v) is 3.93. The van der Waals surface area contributed by atoms with E-state index in [0.29, 0.717) is 0 Å². The van der Waals surface area contributed by atoms with Gasteiger partial charge in [-0.15, -0.1) is 0 Å². The van der Waals surface area contributed by atoms with Crippen LogP contribution in [-0.4, -0.2) is 6.54 Å². The first-order valence-electron chi connectivity index (χ1n) is 7.09. The fourth-order valence-electron chi connectivity index (χ4n) is 2.42. The second-order valence-corrected chi connectivity index (χ2v) is 5.67. The minimum atomic E-state index is 0.130. The van der Waals surface area contributed by atoms with Crippen molar-refractivity contribution in [1.29, 1.82) is 0 Å². The molecular weight excluding hydrogens is 270 g/mol. The number of furan rings is 1. The highest BCUT2D eigenvalue weighted by atomic mass is 35.5. The number of hydrogen-bond acceptors (Lipinski definition) is 2. The van der Waals surface area contributed by atoms with Crippen LogP contribution in [0.5, 0.6) is 0 Å². The van der Waals surface area contributed by atoms with Crippen LogP contribution in [0.2, 0.25) is 5.02 Å². The Bertz CT molecular complexity index is 589. The molecule has 0 saturated carbocycles. The van der Waals surface area contributed by atoms with E-state index in [9.17, 15) is 0 Å². The van der Waals surface area contributed by atoms with Crippen LogP contribution in [0.25, 0.3) is 0 Å². The molecule has 0 amide bonds. The average Bonchev–Trinajstić information content (AvgIpc) is 2.73. The van der Waals surface area contributed by atoms with E-state index in [2.05, 4.69) is 30.4 Å². The molecule has 0 bridgehead atoms.